The third-order valence-corrected chi connectivity index (χ3v) is 6.32. The van der Waals surface area contributed by atoms with Crippen LogP contribution in [0.25, 0.3) is 0 Å². The summed E-state index contributed by atoms with van der Waals surface area (Å²) in [4.78, 5) is 11.5. The lowest BCUT2D eigenvalue weighted by Gasteiger charge is -2.24. The summed E-state index contributed by atoms with van der Waals surface area (Å²) in [6, 6.07) is 7.35. The van der Waals surface area contributed by atoms with Crippen LogP contribution in [0.5, 0.6) is 0 Å². The maximum absolute atomic E-state index is 11.5. The Bertz CT molecular complexity index is 481. The molecule has 1 aliphatic heterocycles. The molecule has 1 aromatic carbocycles. The van der Waals surface area contributed by atoms with E-state index in [0.717, 1.165) is 9.14 Å². The maximum Gasteiger partial charge on any atom is 0.346 e. The molecule has 0 amide bonds. The van der Waals surface area contributed by atoms with Crippen molar-refractivity contribution < 1.29 is 9.53 Å². The predicted molar refractivity (Wildman–Crippen MR) is 80.0 cm³/mol. The van der Waals surface area contributed by atoms with E-state index in [-0.39, 0.29) is 5.97 Å². The van der Waals surface area contributed by atoms with Crippen LogP contribution >= 0.6 is 56.8 Å². The van der Waals surface area contributed by atoms with Crippen LogP contribution in [0, 0.1) is 0 Å². The molecule has 2 rings (SSSR count). The van der Waals surface area contributed by atoms with E-state index in [1.807, 2.05) is 41.6 Å². The molecule has 84 valence electrons. The summed E-state index contributed by atoms with van der Waals surface area (Å²) in [5.74, 6) is -0.262. The van der Waals surface area contributed by atoms with Crippen molar-refractivity contribution in [2.45, 2.75) is 12.5 Å². The second kappa shape index (κ2) is 4.45. The molecule has 16 heavy (non-hydrogen) atoms. The fraction of sp³-hybridized carbons (Fsp3) is 0.182. The largest absolute Gasteiger partial charge is 0.445 e. The number of hydrogen-bond donors (Lipinski definition) is 0. The minimum absolute atomic E-state index is 0.262. The van der Waals surface area contributed by atoms with Crippen molar-refractivity contribution in [3.63, 3.8) is 0 Å². The van der Waals surface area contributed by atoms with E-state index in [0.29, 0.717) is 8.60 Å². The number of cyclic esters (lactones) is 1. The Morgan fingerprint density at radius 1 is 1.25 bits per heavy atom. The molecule has 1 aromatic rings. The first-order valence-electron chi connectivity index (χ1n) is 4.50. The van der Waals surface area contributed by atoms with Gasteiger partial charge in [-0.2, -0.15) is 0 Å². The number of benzene rings is 1. The van der Waals surface area contributed by atoms with Gasteiger partial charge in [-0.3, -0.25) is 0 Å². The molecular formula is C11H7ClI2O2. The first-order chi connectivity index (χ1) is 7.45. The molecule has 0 saturated heterocycles. The number of hydrogen-bond acceptors (Lipinski definition) is 2. The summed E-state index contributed by atoms with van der Waals surface area (Å²) in [6.45, 7) is 1.89. The molecule has 0 radical (unpaired) electrons. The normalized spacial score (nSPS) is 24.9. The maximum atomic E-state index is 11.5. The van der Waals surface area contributed by atoms with Crippen molar-refractivity contribution in [1.82, 2.24) is 0 Å². The Balaban J connectivity index is 2.49. The van der Waals surface area contributed by atoms with Gasteiger partial charge < -0.3 is 4.74 Å². The van der Waals surface area contributed by atoms with Gasteiger partial charge in [-0.25, -0.2) is 4.79 Å². The highest BCUT2D eigenvalue weighted by atomic mass is 127. The van der Waals surface area contributed by atoms with Gasteiger partial charge in [-0.1, -0.05) is 23.7 Å². The highest BCUT2D eigenvalue weighted by Gasteiger charge is 2.43. The zero-order chi connectivity index (χ0) is 11.9. The Kier molecular flexibility index (Phi) is 3.52. The van der Waals surface area contributed by atoms with E-state index in [1.54, 1.807) is 12.1 Å². The Hall–Kier alpha value is 0.180. The molecule has 0 fully saturated rings. The Labute approximate surface area is 126 Å². The zero-order valence-electron chi connectivity index (χ0n) is 8.26. The van der Waals surface area contributed by atoms with Gasteiger partial charge in [0.15, 0.2) is 5.60 Å². The van der Waals surface area contributed by atoms with E-state index in [1.165, 1.54) is 0 Å². The summed E-state index contributed by atoms with van der Waals surface area (Å²) in [6.07, 6.45) is 0. The van der Waals surface area contributed by atoms with Crippen LogP contribution in [0.3, 0.4) is 0 Å². The van der Waals surface area contributed by atoms with Crippen molar-refractivity contribution in [2.24, 2.45) is 0 Å². The summed E-state index contributed by atoms with van der Waals surface area (Å²) in [7, 11) is 0. The molecular weight excluding hydrogens is 453 g/mol. The number of ether oxygens (including phenoxy) is 1. The molecule has 1 aliphatic rings. The summed E-state index contributed by atoms with van der Waals surface area (Å²) < 4.78 is 6.99. The molecule has 1 atom stereocenters. The van der Waals surface area contributed by atoms with Gasteiger partial charge in [0.1, 0.15) is 3.58 Å². The average Bonchev–Trinajstić information content (AvgIpc) is 2.45. The van der Waals surface area contributed by atoms with Crippen molar-refractivity contribution in [1.29, 1.82) is 0 Å². The summed E-state index contributed by atoms with van der Waals surface area (Å²) in [5, 5.41) is 0.672. The summed E-state index contributed by atoms with van der Waals surface area (Å²) >= 11 is 10.0. The molecule has 1 unspecified atom stereocenters. The zero-order valence-corrected chi connectivity index (χ0v) is 13.3. The lowest BCUT2D eigenvalue weighted by Crippen LogP contribution is -2.23. The monoisotopic (exact) mass is 460 g/mol. The molecule has 5 heteroatoms. The Morgan fingerprint density at radius 3 is 2.25 bits per heavy atom. The van der Waals surface area contributed by atoms with E-state index >= 15 is 0 Å². The first-order valence-corrected chi connectivity index (χ1v) is 7.04. The van der Waals surface area contributed by atoms with Crippen molar-refractivity contribution >= 4 is 62.8 Å². The minimum atomic E-state index is -0.668. The van der Waals surface area contributed by atoms with Gasteiger partial charge in [0.25, 0.3) is 0 Å². The summed E-state index contributed by atoms with van der Waals surface area (Å²) in [5.41, 5.74) is 0.264. The van der Waals surface area contributed by atoms with E-state index in [2.05, 4.69) is 22.6 Å². The van der Waals surface area contributed by atoms with Crippen LogP contribution in [0.15, 0.2) is 31.4 Å². The van der Waals surface area contributed by atoms with Gasteiger partial charge >= 0.3 is 5.97 Å². The molecule has 0 N–H and O–H groups in total. The van der Waals surface area contributed by atoms with Crippen LogP contribution in [0.4, 0.5) is 0 Å². The third-order valence-electron chi connectivity index (χ3n) is 2.48. The van der Waals surface area contributed by atoms with Crippen LogP contribution in [-0.4, -0.2) is 5.97 Å². The lowest BCUT2D eigenvalue weighted by molar-refractivity contribution is -0.145. The smallest absolute Gasteiger partial charge is 0.346 e. The number of carbonyl (C=O) groups is 1. The minimum Gasteiger partial charge on any atom is -0.445 e. The van der Waals surface area contributed by atoms with Gasteiger partial charge in [-0.15, -0.1) is 0 Å². The average molecular weight is 460 g/mol. The third kappa shape index (κ3) is 1.99. The number of rotatable bonds is 1. The lowest BCUT2D eigenvalue weighted by atomic mass is 9.96. The highest BCUT2D eigenvalue weighted by Crippen LogP contribution is 2.46. The van der Waals surface area contributed by atoms with Crippen LogP contribution in [-0.2, 0) is 15.1 Å². The molecule has 1 heterocycles. The highest BCUT2D eigenvalue weighted by molar-refractivity contribution is 14.1. The molecule has 0 aromatic heterocycles. The molecule has 2 nitrogen and oxygen atoms in total. The van der Waals surface area contributed by atoms with Gasteiger partial charge in [-0.05, 0) is 64.2 Å². The van der Waals surface area contributed by atoms with Gasteiger partial charge in [0, 0.05) is 10.6 Å². The topological polar surface area (TPSA) is 26.3 Å². The van der Waals surface area contributed by atoms with E-state index in [4.69, 9.17) is 16.3 Å². The number of esters is 1. The molecule has 0 aliphatic carbocycles. The van der Waals surface area contributed by atoms with Crippen molar-refractivity contribution in [3.8, 4) is 0 Å². The van der Waals surface area contributed by atoms with Crippen LogP contribution in [0.2, 0.25) is 5.02 Å². The Morgan fingerprint density at radius 2 is 1.81 bits per heavy atom. The second-order valence-corrected chi connectivity index (χ2v) is 6.15. The van der Waals surface area contributed by atoms with E-state index < -0.39 is 5.60 Å². The second-order valence-electron chi connectivity index (χ2n) is 3.56. The molecule has 0 spiro atoms. The van der Waals surface area contributed by atoms with E-state index in [9.17, 15) is 4.79 Å². The first kappa shape index (κ1) is 12.6. The van der Waals surface area contributed by atoms with Crippen molar-refractivity contribution in [3.05, 3.63) is 42.0 Å². The van der Waals surface area contributed by atoms with Crippen molar-refractivity contribution in [2.75, 3.05) is 0 Å². The molecule has 0 bridgehead atoms. The number of halogens is 3. The van der Waals surface area contributed by atoms with Gasteiger partial charge in [0.05, 0.1) is 3.58 Å². The SMILES string of the molecule is CC1(c2ccc(Cl)cc2)OC(=O)C(I)=C1I. The van der Waals surface area contributed by atoms with Gasteiger partial charge in [0.2, 0.25) is 0 Å². The molecule has 0 saturated carbocycles. The fourth-order valence-electron chi connectivity index (χ4n) is 1.53. The fourth-order valence-corrected chi connectivity index (χ4v) is 2.92. The van der Waals surface area contributed by atoms with Crippen LogP contribution < -0.4 is 0 Å². The number of carbonyl (C=O) groups excluding carboxylic acids is 1. The standard InChI is InChI=1S/C11H7ClI2O2/c1-11(6-2-4-7(12)5-3-6)9(14)8(13)10(15)16-11/h2-5H,1H3. The van der Waals surface area contributed by atoms with Crippen LogP contribution in [0.1, 0.15) is 12.5 Å². The predicted octanol–water partition coefficient (Wildman–Crippen LogP) is 4.19. The quantitative estimate of drug-likeness (QED) is 0.464.